The number of anilines is 2. The third kappa shape index (κ3) is 2.89. The molecule has 0 spiro atoms. The van der Waals surface area contributed by atoms with Crippen molar-refractivity contribution in [3.05, 3.63) is 30.1 Å². The third-order valence-electron chi connectivity index (χ3n) is 3.41. The fourth-order valence-electron chi connectivity index (χ4n) is 2.27. The van der Waals surface area contributed by atoms with Crippen LogP contribution < -0.4 is 10.6 Å². The smallest absolute Gasteiger partial charge is 0.272 e. The number of hydrogen-bond donors (Lipinski definition) is 1. The van der Waals surface area contributed by atoms with E-state index in [1.807, 2.05) is 4.90 Å². The minimum Gasteiger partial charge on any atom is -0.374 e. The van der Waals surface area contributed by atoms with Gasteiger partial charge in [0.2, 0.25) is 9.47 Å². The maximum Gasteiger partial charge on any atom is 0.272 e. The molecule has 7 nitrogen and oxygen atoms in total. The van der Waals surface area contributed by atoms with E-state index < -0.39 is 10.0 Å². The molecule has 2 N–H and O–H groups in total. The number of rotatable bonds is 3. The fraction of sp³-hybridized carbons (Fsp3) is 0.333. The molecule has 1 aliphatic heterocycles. The largest absolute Gasteiger partial charge is 0.374 e. The average molecular weight is 343 g/mol. The minimum absolute atomic E-state index is 0.0831. The number of piperazine rings is 1. The van der Waals surface area contributed by atoms with Gasteiger partial charge < -0.3 is 10.6 Å². The number of benzene rings is 1. The molecule has 2 aromatic rings. The molecule has 118 valence electrons. The first-order valence-electron chi connectivity index (χ1n) is 6.56. The van der Waals surface area contributed by atoms with E-state index in [0.717, 1.165) is 17.0 Å². The summed E-state index contributed by atoms with van der Waals surface area (Å²) < 4.78 is 39.0. The van der Waals surface area contributed by atoms with Gasteiger partial charge in [0, 0.05) is 31.9 Å². The van der Waals surface area contributed by atoms with E-state index in [-0.39, 0.29) is 15.3 Å². The topological polar surface area (TPSA) is 92.4 Å². The van der Waals surface area contributed by atoms with Gasteiger partial charge in [0.05, 0.1) is 0 Å². The molecule has 0 aliphatic carbocycles. The quantitative estimate of drug-likeness (QED) is 0.885. The number of nitrogen functional groups attached to an aromatic ring is 1. The lowest BCUT2D eigenvalue weighted by Crippen LogP contribution is -2.48. The Hall–Kier alpha value is -1.78. The molecule has 10 heteroatoms. The maximum atomic E-state index is 12.9. The van der Waals surface area contributed by atoms with Crippen molar-refractivity contribution in [3.63, 3.8) is 0 Å². The number of hydrogen-bond acceptors (Lipinski definition) is 7. The molecule has 3 rings (SSSR count). The zero-order chi connectivity index (χ0) is 15.7. The van der Waals surface area contributed by atoms with Crippen molar-refractivity contribution >= 4 is 32.2 Å². The van der Waals surface area contributed by atoms with E-state index in [0.29, 0.717) is 26.2 Å². The average Bonchev–Trinajstić information content (AvgIpc) is 2.96. The van der Waals surface area contributed by atoms with Gasteiger partial charge in [0.15, 0.2) is 0 Å². The van der Waals surface area contributed by atoms with Crippen molar-refractivity contribution in [2.75, 3.05) is 36.8 Å². The molecule has 0 amide bonds. The van der Waals surface area contributed by atoms with Crippen LogP contribution in [0.5, 0.6) is 0 Å². The molecule has 0 unspecified atom stereocenters. The van der Waals surface area contributed by atoms with Gasteiger partial charge >= 0.3 is 0 Å². The molecule has 0 atom stereocenters. The van der Waals surface area contributed by atoms with Crippen LogP contribution in [-0.4, -0.2) is 49.1 Å². The predicted molar refractivity (Wildman–Crippen MR) is 81.7 cm³/mol. The zero-order valence-electron chi connectivity index (χ0n) is 11.5. The lowest BCUT2D eigenvalue weighted by Gasteiger charge is -2.34. The minimum atomic E-state index is -3.64. The first kappa shape index (κ1) is 15.1. The van der Waals surface area contributed by atoms with Crippen LogP contribution >= 0.6 is 11.3 Å². The molecule has 0 saturated carbocycles. The summed E-state index contributed by atoms with van der Waals surface area (Å²) in [5.74, 6) is -0.293. The van der Waals surface area contributed by atoms with Crippen molar-refractivity contribution in [1.29, 1.82) is 0 Å². The van der Waals surface area contributed by atoms with Crippen molar-refractivity contribution in [3.8, 4) is 0 Å². The molecular formula is C12H14FN5O2S2. The second-order valence-corrected chi connectivity index (χ2v) is 7.89. The Bertz CT molecular complexity index is 754. The summed E-state index contributed by atoms with van der Waals surface area (Å²) in [6.45, 7) is 1.72. The number of aromatic nitrogens is 2. The van der Waals surface area contributed by atoms with Gasteiger partial charge in [-0.1, -0.05) is 11.3 Å². The van der Waals surface area contributed by atoms with E-state index in [9.17, 15) is 12.8 Å². The monoisotopic (exact) mass is 343 g/mol. The highest BCUT2D eigenvalue weighted by Gasteiger charge is 2.31. The highest BCUT2D eigenvalue weighted by atomic mass is 32.2. The maximum absolute atomic E-state index is 12.9. The molecule has 2 heterocycles. The standard InChI is InChI=1S/C12H14FN5O2S2/c13-9-1-3-10(4-2-9)17-5-7-18(8-6-17)22(19,20)12-16-15-11(14)21-12/h1-4H,5-8H2,(H2,14,15). The molecular weight excluding hydrogens is 329 g/mol. The second kappa shape index (κ2) is 5.78. The fourth-order valence-corrected chi connectivity index (χ4v) is 4.62. The van der Waals surface area contributed by atoms with Gasteiger partial charge in [-0.2, -0.15) is 4.31 Å². The van der Waals surface area contributed by atoms with Crippen molar-refractivity contribution < 1.29 is 12.8 Å². The van der Waals surface area contributed by atoms with Crippen LogP contribution in [0.25, 0.3) is 0 Å². The highest BCUT2D eigenvalue weighted by molar-refractivity contribution is 7.91. The van der Waals surface area contributed by atoms with Crippen LogP contribution in [0.2, 0.25) is 0 Å². The zero-order valence-corrected chi connectivity index (χ0v) is 13.1. The normalized spacial score (nSPS) is 16.9. The Balaban J connectivity index is 1.70. The first-order chi connectivity index (χ1) is 10.5. The number of sulfonamides is 1. The molecule has 0 radical (unpaired) electrons. The van der Waals surface area contributed by atoms with Gasteiger partial charge in [-0.3, -0.25) is 0 Å². The summed E-state index contributed by atoms with van der Waals surface area (Å²) in [5.41, 5.74) is 6.31. The van der Waals surface area contributed by atoms with Crippen LogP contribution in [0.15, 0.2) is 28.6 Å². The second-order valence-electron chi connectivity index (χ2n) is 4.77. The van der Waals surface area contributed by atoms with Crippen LogP contribution in [0.3, 0.4) is 0 Å². The molecule has 1 fully saturated rings. The summed E-state index contributed by atoms with van der Waals surface area (Å²) >= 11 is 0.858. The third-order valence-corrected chi connectivity index (χ3v) is 6.41. The molecule has 1 saturated heterocycles. The lowest BCUT2D eigenvalue weighted by molar-refractivity contribution is 0.384. The van der Waals surface area contributed by atoms with Gasteiger partial charge in [0.1, 0.15) is 5.82 Å². The summed E-state index contributed by atoms with van der Waals surface area (Å²) in [6, 6.07) is 6.15. The molecule has 1 aromatic heterocycles. The van der Waals surface area contributed by atoms with Gasteiger partial charge in [0.25, 0.3) is 10.0 Å². The Morgan fingerprint density at radius 3 is 2.27 bits per heavy atom. The summed E-state index contributed by atoms with van der Waals surface area (Å²) in [6.07, 6.45) is 0. The summed E-state index contributed by atoms with van der Waals surface area (Å²) in [4.78, 5) is 2.01. The van der Waals surface area contributed by atoms with E-state index >= 15 is 0 Å². The van der Waals surface area contributed by atoms with E-state index in [4.69, 9.17) is 5.73 Å². The van der Waals surface area contributed by atoms with E-state index in [2.05, 4.69) is 10.2 Å². The molecule has 1 aromatic carbocycles. The van der Waals surface area contributed by atoms with Crippen LogP contribution in [0.1, 0.15) is 0 Å². The Labute approximate surface area is 131 Å². The van der Waals surface area contributed by atoms with Crippen LogP contribution in [-0.2, 0) is 10.0 Å². The first-order valence-corrected chi connectivity index (χ1v) is 8.82. The molecule has 22 heavy (non-hydrogen) atoms. The SMILES string of the molecule is Nc1nnc(S(=O)(=O)N2CCN(c3ccc(F)cc3)CC2)s1. The lowest BCUT2D eigenvalue weighted by atomic mass is 10.2. The number of nitrogens with zero attached hydrogens (tertiary/aromatic N) is 4. The Morgan fingerprint density at radius 2 is 1.73 bits per heavy atom. The van der Waals surface area contributed by atoms with Crippen molar-refractivity contribution in [2.45, 2.75) is 4.34 Å². The summed E-state index contributed by atoms with van der Waals surface area (Å²) in [7, 11) is -3.64. The summed E-state index contributed by atoms with van der Waals surface area (Å²) in [5, 5.41) is 7.28. The highest BCUT2D eigenvalue weighted by Crippen LogP contribution is 2.24. The van der Waals surface area contributed by atoms with Gasteiger partial charge in [-0.25, -0.2) is 12.8 Å². The van der Waals surface area contributed by atoms with E-state index in [1.54, 1.807) is 12.1 Å². The molecule has 0 bridgehead atoms. The van der Waals surface area contributed by atoms with Crippen LogP contribution in [0, 0.1) is 5.82 Å². The molecule has 1 aliphatic rings. The number of halogens is 1. The van der Waals surface area contributed by atoms with Gasteiger partial charge in [-0.15, -0.1) is 10.2 Å². The predicted octanol–water partition coefficient (Wildman–Crippen LogP) is 0.770. The Morgan fingerprint density at radius 1 is 1.09 bits per heavy atom. The van der Waals surface area contributed by atoms with Gasteiger partial charge in [-0.05, 0) is 24.3 Å². The number of nitrogens with two attached hydrogens (primary N) is 1. The van der Waals surface area contributed by atoms with Crippen molar-refractivity contribution in [2.24, 2.45) is 0 Å². The van der Waals surface area contributed by atoms with E-state index in [1.165, 1.54) is 16.4 Å². The van der Waals surface area contributed by atoms with Crippen molar-refractivity contribution in [1.82, 2.24) is 14.5 Å². The Kier molecular flexibility index (Phi) is 3.98. The van der Waals surface area contributed by atoms with Crippen LogP contribution in [0.4, 0.5) is 15.2 Å².